The highest BCUT2D eigenvalue weighted by molar-refractivity contribution is 6.58. The average molecular weight is 198 g/mol. The molecule has 74 valence electrons. The van der Waals surface area contributed by atoms with Crippen LogP contribution in [0.1, 0.15) is 39.5 Å². The molecule has 1 unspecified atom stereocenters. The highest BCUT2D eigenvalue weighted by atomic mass is 28.5. The molecule has 0 rings (SSSR count). The molecule has 0 aromatic rings. The van der Waals surface area contributed by atoms with Gasteiger partial charge >= 0.3 is 9.08 Å². The number of rotatable bonds is 6. The summed E-state index contributed by atoms with van der Waals surface area (Å²) < 4.78 is 36.2. The lowest BCUT2D eigenvalue weighted by Crippen LogP contribution is -2.19. The molecule has 0 heterocycles. The molecular weight excluding hydrogens is 181 g/mol. The van der Waals surface area contributed by atoms with Crippen LogP contribution >= 0.6 is 0 Å². The summed E-state index contributed by atoms with van der Waals surface area (Å²) in [4.78, 5) is 0. The zero-order valence-corrected chi connectivity index (χ0v) is 8.75. The van der Waals surface area contributed by atoms with Crippen LogP contribution in [0, 0.1) is 5.92 Å². The summed E-state index contributed by atoms with van der Waals surface area (Å²) in [7, 11) is -5.29. The van der Waals surface area contributed by atoms with Crippen molar-refractivity contribution in [1.29, 1.82) is 0 Å². The van der Waals surface area contributed by atoms with E-state index in [0.29, 0.717) is 6.42 Å². The van der Waals surface area contributed by atoms with Gasteiger partial charge in [-0.15, -0.1) is 0 Å². The SMILES string of the molecule is CCCCC(CC)C[Si](F)(F)F. The molecule has 0 spiro atoms. The Balaban J connectivity index is 3.67. The summed E-state index contributed by atoms with van der Waals surface area (Å²) in [6.45, 7) is 3.86. The zero-order valence-electron chi connectivity index (χ0n) is 7.75. The van der Waals surface area contributed by atoms with E-state index >= 15 is 0 Å². The molecule has 0 aliphatic heterocycles. The molecule has 0 radical (unpaired) electrons. The second kappa shape index (κ2) is 5.62. The summed E-state index contributed by atoms with van der Waals surface area (Å²) in [5.74, 6) is -0.100. The summed E-state index contributed by atoms with van der Waals surface area (Å²) >= 11 is 0. The Morgan fingerprint density at radius 1 is 1.17 bits per heavy atom. The molecule has 1 atom stereocenters. The summed E-state index contributed by atoms with van der Waals surface area (Å²) in [5.41, 5.74) is 0. The standard InChI is InChI=1S/C8H17F3Si/c1-3-5-6-8(4-2)7-12(9,10)11/h8H,3-7H2,1-2H3. The third-order valence-electron chi connectivity index (χ3n) is 2.06. The maximum absolute atomic E-state index is 12.1. The van der Waals surface area contributed by atoms with Crippen molar-refractivity contribution >= 4 is 9.08 Å². The van der Waals surface area contributed by atoms with Gasteiger partial charge in [-0.25, -0.2) is 12.3 Å². The second-order valence-electron chi connectivity index (χ2n) is 3.24. The van der Waals surface area contributed by atoms with Crippen molar-refractivity contribution < 1.29 is 12.3 Å². The molecule has 0 bridgehead atoms. The van der Waals surface area contributed by atoms with E-state index in [-0.39, 0.29) is 5.92 Å². The number of hydrogen-bond acceptors (Lipinski definition) is 0. The van der Waals surface area contributed by atoms with E-state index < -0.39 is 15.1 Å². The van der Waals surface area contributed by atoms with E-state index in [1.807, 2.05) is 13.8 Å². The lowest BCUT2D eigenvalue weighted by molar-refractivity contribution is 0.403. The van der Waals surface area contributed by atoms with Crippen molar-refractivity contribution in [1.82, 2.24) is 0 Å². The Kier molecular flexibility index (Phi) is 5.62. The zero-order chi connectivity index (χ0) is 9.61. The molecule has 0 aliphatic carbocycles. The lowest BCUT2D eigenvalue weighted by atomic mass is 10.0. The van der Waals surface area contributed by atoms with Crippen LogP contribution in [0.5, 0.6) is 0 Å². The van der Waals surface area contributed by atoms with Gasteiger partial charge < -0.3 is 0 Å². The fourth-order valence-corrected chi connectivity index (χ4v) is 2.42. The number of unbranched alkanes of at least 4 members (excludes halogenated alkanes) is 1. The van der Waals surface area contributed by atoms with Gasteiger partial charge in [-0.1, -0.05) is 39.5 Å². The Labute approximate surface area is 73.7 Å². The van der Waals surface area contributed by atoms with E-state index in [1.54, 1.807) is 0 Å². The second-order valence-corrected chi connectivity index (χ2v) is 4.87. The molecule has 0 N–H and O–H groups in total. The van der Waals surface area contributed by atoms with E-state index in [2.05, 4.69) is 0 Å². The first-order valence-electron chi connectivity index (χ1n) is 4.56. The highest BCUT2D eigenvalue weighted by Gasteiger charge is 2.38. The van der Waals surface area contributed by atoms with Crippen LogP contribution in [0.4, 0.5) is 12.3 Å². The molecule has 4 heteroatoms. The molecular formula is C8H17F3Si. The third kappa shape index (κ3) is 6.70. The maximum Gasteiger partial charge on any atom is 0.616 e. The van der Waals surface area contributed by atoms with Gasteiger partial charge in [0.25, 0.3) is 0 Å². The first-order valence-corrected chi connectivity index (χ1v) is 6.40. The molecule has 0 aromatic heterocycles. The predicted octanol–water partition coefficient (Wildman–Crippen LogP) is 4.05. The van der Waals surface area contributed by atoms with Gasteiger partial charge in [0.2, 0.25) is 0 Å². The van der Waals surface area contributed by atoms with Crippen molar-refractivity contribution in [2.45, 2.75) is 45.6 Å². The van der Waals surface area contributed by atoms with Crippen molar-refractivity contribution in [2.24, 2.45) is 5.92 Å². The number of hydrogen-bond donors (Lipinski definition) is 0. The maximum atomic E-state index is 12.1. The van der Waals surface area contributed by atoms with Crippen LogP contribution < -0.4 is 0 Å². The third-order valence-corrected chi connectivity index (χ3v) is 3.10. The van der Waals surface area contributed by atoms with Crippen LogP contribution in [0.25, 0.3) is 0 Å². The predicted molar refractivity (Wildman–Crippen MR) is 47.2 cm³/mol. The van der Waals surface area contributed by atoms with Crippen LogP contribution in [-0.2, 0) is 0 Å². The summed E-state index contributed by atoms with van der Waals surface area (Å²) in [5, 5.41) is 0. The van der Waals surface area contributed by atoms with Crippen molar-refractivity contribution in [3.63, 3.8) is 0 Å². The fraction of sp³-hybridized carbons (Fsp3) is 1.00. The first kappa shape index (κ1) is 12.0. The van der Waals surface area contributed by atoms with Gasteiger partial charge in [-0.3, -0.25) is 0 Å². The van der Waals surface area contributed by atoms with Crippen LogP contribution in [-0.4, -0.2) is 9.08 Å². The molecule has 0 aliphatic rings. The smallest absolute Gasteiger partial charge is 0.238 e. The Morgan fingerprint density at radius 3 is 2.08 bits per heavy atom. The van der Waals surface area contributed by atoms with E-state index in [0.717, 1.165) is 19.3 Å². The van der Waals surface area contributed by atoms with Crippen molar-refractivity contribution in [3.8, 4) is 0 Å². The van der Waals surface area contributed by atoms with E-state index in [9.17, 15) is 12.3 Å². The summed E-state index contributed by atoms with van der Waals surface area (Å²) in [6.07, 6.45) is 3.35. The lowest BCUT2D eigenvalue weighted by Gasteiger charge is -2.14. The van der Waals surface area contributed by atoms with Gasteiger partial charge in [0, 0.05) is 6.04 Å². The van der Waals surface area contributed by atoms with Crippen LogP contribution in [0.2, 0.25) is 6.04 Å². The quantitative estimate of drug-likeness (QED) is 0.446. The fourth-order valence-electron chi connectivity index (χ4n) is 1.27. The van der Waals surface area contributed by atoms with Gasteiger partial charge in [-0.2, -0.15) is 0 Å². The van der Waals surface area contributed by atoms with E-state index in [1.165, 1.54) is 0 Å². The molecule has 12 heavy (non-hydrogen) atoms. The van der Waals surface area contributed by atoms with Crippen LogP contribution in [0.15, 0.2) is 0 Å². The minimum atomic E-state index is -5.29. The molecule has 0 fully saturated rings. The van der Waals surface area contributed by atoms with Gasteiger partial charge in [-0.05, 0) is 5.92 Å². The monoisotopic (exact) mass is 198 g/mol. The Morgan fingerprint density at radius 2 is 1.75 bits per heavy atom. The molecule has 0 amide bonds. The highest BCUT2D eigenvalue weighted by Crippen LogP contribution is 2.26. The van der Waals surface area contributed by atoms with E-state index in [4.69, 9.17) is 0 Å². The largest absolute Gasteiger partial charge is 0.616 e. The normalized spacial score (nSPS) is 14.8. The molecule has 0 saturated carbocycles. The van der Waals surface area contributed by atoms with Gasteiger partial charge in [0.1, 0.15) is 0 Å². The van der Waals surface area contributed by atoms with Gasteiger partial charge in [0.05, 0.1) is 0 Å². The topological polar surface area (TPSA) is 0 Å². The Hall–Kier alpha value is 0.00688. The first-order chi connectivity index (χ1) is 5.49. The number of halogens is 3. The molecule has 0 nitrogen and oxygen atoms in total. The molecule has 0 aromatic carbocycles. The molecule has 0 saturated heterocycles. The summed E-state index contributed by atoms with van der Waals surface area (Å²) in [6, 6.07) is -0.469. The van der Waals surface area contributed by atoms with Crippen molar-refractivity contribution in [3.05, 3.63) is 0 Å². The minimum Gasteiger partial charge on any atom is -0.238 e. The Bertz CT molecular complexity index is 111. The van der Waals surface area contributed by atoms with Gasteiger partial charge in [0.15, 0.2) is 0 Å². The average Bonchev–Trinajstić information content (AvgIpc) is 1.95. The van der Waals surface area contributed by atoms with Crippen molar-refractivity contribution in [2.75, 3.05) is 0 Å². The van der Waals surface area contributed by atoms with Crippen LogP contribution in [0.3, 0.4) is 0 Å². The minimum absolute atomic E-state index is 0.100.